The van der Waals surface area contributed by atoms with E-state index in [9.17, 15) is 13.6 Å². The fraction of sp³-hybridized carbons (Fsp3) is 0.222. The lowest BCUT2D eigenvalue weighted by molar-refractivity contribution is -0.123. The van der Waals surface area contributed by atoms with Crippen molar-refractivity contribution in [1.82, 2.24) is 5.43 Å². The van der Waals surface area contributed by atoms with Crippen LogP contribution in [0.1, 0.15) is 16.7 Å². The van der Waals surface area contributed by atoms with Crippen LogP contribution in [0.4, 0.5) is 8.78 Å². The average Bonchev–Trinajstić information content (AvgIpc) is 2.57. The summed E-state index contributed by atoms with van der Waals surface area (Å²) < 4.78 is 34.4. The summed E-state index contributed by atoms with van der Waals surface area (Å²) >= 11 is 0. The molecule has 0 atom stereocenters. The Morgan fingerprint density at radius 2 is 1.96 bits per heavy atom. The Morgan fingerprint density at radius 3 is 2.68 bits per heavy atom. The molecule has 0 heterocycles. The first-order valence-corrected chi connectivity index (χ1v) is 7.51. The minimum atomic E-state index is -2.93. The molecule has 0 aromatic heterocycles. The van der Waals surface area contributed by atoms with Gasteiger partial charge < -0.3 is 9.47 Å². The SMILES string of the molecule is Cc1ccc(OCC(=O)N/N=C\c2ccccc2OC(F)F)cc1C. The second-order valence-corrected chi connectivity index (χ2v) is 5.24. The fourth-order valence-electron chi connectivity index (χ4n) is 1.95. The standard InChI is InChI=1S/C18H18F2N2O3/c1-12-7-8-15(9-13(12)2)24-11-17(23)22-21-10-14-5-3-4-6-16(14)25-18(19)20/h3-10,18H,11H2,1-2H3,(H,22,23)/b21-10-. The van der Waals surface area contributed by atoms with E-state index >= 15 is 0 Å². The minimum Gasteiger partial charge on any atom is -0.484 e. The highest BCUT2D eigenvalue weighted by molar-refractivity contribution is 5.85. The highest BCUT2D eigenvalue weighted by Gasteiger charge is 2.08. The van der Waals surface area contributed by atoms with Crippen molar-refractivity contribution in [1.29, 1.82) is 0 Å². The van der Waals surface area contributed by atoms with Gasteiger partial charge in [-0.15, -0.1) is 0 Å². The molecule has 0 unspecified atom stereocenters. The van der Waals surface area contributed by atoms with Crippen LogP contribution in [-0.2, 0) is 4.79 Å². The Morgan fingerprint density at radius 1 is 1.20 bits per heavy atom. The number of hydrogen-bond acceptors (Lipinski definition) is 4. The predicted molar refractivity (Wildman–Crippen MR) is 90.2 cm³/mol. The minimum absolute atomic E-state index is 0.0260. The molecule has 5 nitrogen and oxygen atoms in total. The lowest BCUT2D eigenvalue weighted by Gasteiger charge is -2.08. The van der Waals surface area contributed by atoms with Gasteiger partial charge >= 0.3 is 6.61 Å². The summed E-state index contributed by atoms with van der Waals surface area (Å²) in [6.07, 6.45) is 1.23. The van der Waals surface area contributed by atoms with Crippen LogP contribution < -0.4 is 14.9 Å². The van der Waals surface area contributed by atoms with Crippen LogP contribution in [0, 0.1) is 13.8 Å². The second-order valence-electron chi connectivity index (χ2n) is 5.24. The van der Waals surface area contributed by atoms with Gasteiger partial charge in [0.2, 0.25) is 0 Å². The van der Waals surface area contributed by atoms with Gasteiger partial charge in [-0.05, 0) is 49.2 Å². The summed E-state index contributed by atoms with van der Waals surface area (Å²) in [5.41, 5.74) is 4.78. The van der Waals surface area contributed by atoms with Gasteiger partial charge in [-0.2, -0.15) is 13.9 Å². The van der Waals surface area contributed by atoms with Crippen molar-refractivity contribution in [3.05, 3.63) is 59.2 Å². The van der Waals surface area contributed by atoms with Gasteiger partial charge in [0.1, 0.15) is 11.5 Å². The molecule has 132 valence electrons. The number of ether oxygens (including phenoxy) is 2. The number of para-hydroxylation sites is 1. The van der Waals surface area contributed by atoms with Crippen molar-refractivity contribution in [3.63, 3.8) is 0 Å². The van der Waals surface area contributed by atoms with Gasteiger partial charge in [-0.3, -0.25) is 4.79 Å². The van der Waals surface area contributed by atoms with E-state index in [4.69, 9.17) is 4.74 Å². The summed E-state index contributed by atoms with van der Waals surface area (Å²) in [6.45, 7) is 0.784. The van der Waals surface area contributed by atoms with Gasteiger partial charge in [-0.25, -0.2) is 5.43 Å². The van der Waals surface area contributed by atoms with Gasteiger partial charge in [0.05, 0.1) is 6.21 Å². The number of carbonyl (C=O) groups is 1. The molecule has 0 saturated heterocycles. The Hall–Kier alpha value is -2.96. The van der Waals surface area contributed by atoms with Crippen LogP contribution in [0.5, 0.6) is 11.5 Å². The molecule has 2 aromatic carbocycles. The van der Waals surface area contributed by atoms with Crippen LogP contribution in [0.15, 0.2) is 47.6 Å². The van der Waals surface area contributed by atoms with Gasteiger partial charge in [-0.1, -0.05) is 18.2 Å². The lowest BCUT2D eigenvalue weighted by Crippen LogP contribution is -2.24. The number of hydrazone groups is 1. The third kappa shape index (κ3) is 5.87. The van der Waals surface area contributed by atoms with E-state index in [1.807, 2.05) is 26.0 Å². The molecular weight excluding hydrogens is 330 g/mol. The molecular formula is C18H18F2N2O3. The van der Waals surface area contributed by atoms with E-state index in [2.05, 4.69) is 15.3 Å². The smallest absolute Gasteiger partial charge is 0.387 e. The zero-order valence-electron chi connectivity index (χ0n) is 13.8. The van der Waals surface area contributed by atoms with Crippen molar-refractivity contribution in [2.24, 2.45) is 5.10 Å². The largest absolute Gasteiger partial charge is 0.484 e. The van der Waals surface area contributed by atoms with Gasteiger partial charge in [0.15, 0.2) is 6.61 Å². The van der Waals surface area contributed by atoms with E-state index in [1.54, 1.807) is 24.3 Å². The third-order valence-corrected chi connectivity index (χ3v) is 3.38. The van der Waals surface area contributed by atoms with Crippen molar-refractivity contribution >= 4 is 12.1 Å². The monoisotopic (exact) mass is 348 g/mol. The first kappa shape index (κ1) is 18.4. The zero-order valence-corrected chi connectivity index (χ0v) is 13.8. The number of aryl methyl sites for hydroxylation is 2. The molecule has 0 fully saturated rings. The van der Waals surface area contributed by atoms with Crippen LogP contribution in [0.25, 0.3) is 0 Å². The van der Waals surface area contributed by atoms with Crippen molar-refractivity contribution in [2.75, 3.05) is 6.61 Å². The first-order chi connectivity index (χ1) is 12.0. The molecule has 25 heavy (non-hydrogen) atoms. The maximum atomic E-state index is 12.3. The molecule has 0 bridgehead atoms. The summed E-state index contributed by atoms with van der Waals surface area (Å²) in [6, 6.07) is 11.6. The van der Waals surface area contributed by atoms with Crippen LogP contribution >= 0.6 is 0 Å². The zero-order chi connectivity index (χ0) is 18.2. The number of rotatable bonds is 7. The number of benzene rings is 2. The predicted octanol–water partition coefficient (Wildman–Crippen LogP) is 3.43. The Bertz CT molecular complexity index is 764. The van der Waals surface area contributed by atoms with E-state index in [0.29, 0.717) is 11.3 Å². The Kier molecular flexibility index (Phi) is 6.45. The van der Waals surface area contributed by atoms with Gasteiger partial charge in [0.25, 0.3) is 5.91 Å². The van der Waals surface area contributed by atoms with Crippen molar-refractivity contribution in [2.45, 2.75) is 20.5 Å². The number of amides is 1. The highest BCUT2D eigenvalue weighted by Crippen LogP contribution is 2.18. The molecule has 0 spiro atoms. The molecule has 0 radical (unpaired) electrons. The number of nitrogens with one attached hydrogen (secondary N) is 1. The Labute approximate surface area is 144 Å². The molecule has 0 aliphatic carbocycles. The molecule has 0 aliphatic heterocycles. The van der Waals surface area contributed by atoms with Crippen LogP contribution in [0.3, 0.4) is 0 Å². The number of nitrogens with zero attached hydrogens (tertiary/aromatic N) is 1. The van der Waals surface area contributed by atoms with E-state index < -0.39 is 12.5 Å². The van der Waals surface area contributed by atoms with E-state index in [0.717, 1.165) is 11.1 Å². The number of carbonyl (C=O) groups excluding carboxylic acids is 1. The molecule has 1 amide bonds. The quantitative estimate of drug-likeness (QED) is 0.616. The van der Waals surface area contributed by atoms with Crippen LogP contribution in [0.2, 0.25) is 0 Å². The number of halogens is 2. The number of alkyl halides is 2. The highest BCUT2D eigenvalue weighted by atomic mass is 19.3. The van der Waals surface area contributed by atoms with Crippen molar-refractivity contribution in [3.8, 4) is 11.5 Å². The summed E-state index contributed by atoms with van der Waals surface area (Å²) in [4.78, 5) is 11.7. The molecule has 0 aliphatic rings. The first-order valence-electron chi connectivity index (χ1n) is 7.51. The molecule has 1 N–H and O–H groups in total. The Balaban J connectivity index is 1.87. The van der Waals surface area contributed by atoms with Crippen molar-refractivity contribution < 1.29 is 23.0 Å². The normalized spacial score (nSPS) is 10.9. The molecule has 2 aromatic rings. The summed E-state index contributed by atoms with van der Waals surface area (Å²) in [7, 11) is 0. The maximum absolute atomic E-state index is 12.3. The third-order valence-electron chi connectivity index (χ3n) is 3.38. The molecule has 0 saturated carbocycles. The maximum Gasteiger partial charge on any atom is 0.387 e. The van der Waals surface area contributed by atoms with E-state index in [-0.39, 0.29) is 12.4 Å². The molecule has 7 heteroatoms. The topological polar surface area (TPSA) is 59.9 Å². The molecule has 2 rings (SSSR count). The van der Waals surface area contributed by atoms with Gasteiger partial charge in [0, 0.05) is 5.56 Å². The second kappa shape index (κ2) is 8.77. The summed E-state index contributed by atoms with van der Waals surface area (Å²) in [5, 5.41) is 3.72. The fourth-order valence-corrected chi connectivity index (χ4v) is 1.95. The lowest BCUT2D eigenvalue weighted by atomic mass is 10.1. The average molecular weight is 348 g/mol. The summed E-state index contributed by atoms with van der Waals surface area (Å²) in [5.74, 6) is 0.0847. The van der Waals surface area contributed by atoms with Crippen LogP contribution in [-0.4, -0.2) is 25.3 Å². The van der Waals surface area contributed by atoms with E-state index in [1.165, 1.54) is 12.3 Å². The number of hydrogen-bond donors (Lipinski definition) is 1.